The summed E-state index contributed by atoms with van der Waals surface area (Å²) in [6.45, 7) is 14.1. The van der Waals surface area contributed by atoms with Crippen LogP contribution in [0.5, 0.6) is 0 Å². The lowest BCUT2D eigenvalue weighted by molar-refractivity contribution is 0.449. The highest BCUT2D eigenvalue weighted by atomic mass is 127. The van der Waals surface area contributed by atoms with Crippen LogP contribution in [0.2, 0.25) is 0 Å². The van der Waals surface area contributed by atoms with Crippen molar-refractivity contribution < 1.29 is 0 Å². The van der Waals surface area contributed by atoms with Crippen LogP contribution in [0.15, 0.2) is 41.4 Å². The van der Waals surface area contributed by atoms with Crippen molar-refractivity contribution in [3.63, 3.8) is 0 Å². The molecular weight excluding hydrogens is 449 g/mol. The Kier molecular flexibility index (Phi) is 10.4. The number of nitrogens with one attached hydrogen (secondary N) is 2. The van der Waals surface area contributed by atoms with Gasteiger partial charge in [-0.2, -0.15) is 5.10 Å². The SMILES string of the molecule is CCNC(=NCC(C)Cn1nc(C)cc1C)NCC(C)c1ccccc1.I. The van der Waals surface area contributed by atoms with Crippen LogP contribution in [0, 0.1) is 19.8 Å². The number of hydrogen-bond donors (Lipinski definition) is 2. The molecule has 0 fully saturated rings. The summed E-state index contributed by atoms with van der Waals surface area (Å²) >= 11 is 0. The molecule has 0 radical (unpaired) electrons. The van der Waals surface area contributed by atoms with Crippen LogP contribution < -0.4 is 10.6 Å². The second-order valence-corrected chi connectivity index (χ2v) is 7.13. The number of halogens is 1. The maximum absolute atomic E-state index is 4.76. The zero-order valence-electron chi connectivity index (χ0n) is 17.2. The van der Waals surface area contributed by atoms with Crippen molar-refractivity contribution in [1.29, 1.82) is 0 Å². The largest absolute Gasteiger partial charge is 0.357 e. The predicted octanol–water partition coefficient (Wildman–Crippen LogP) is 4.11. The Bertz CT molecular complexity index is 696. The Balaban J connectivity index is 0.00000364. The van der Waals surface area contributed by atoms with E-state index in [-0.39, 0.29) is 24.0 Å². The lowest BCUT2D eigenvalue weighted by atomic mass is 10.0. The molecule has 0 amide bonds. The van der Waals surface area contributed by atoms with Crippen LogP contribution in [0.4, 0.5) is 0 Å². The highest BCUT2D eigenvalue weighted by Gasteiger charge is 2.09. The van der Waals surface area contributed by atoms with E-state index in [0.717, 1.165) is 37.8 Å². The van der Waals surface area contributed by atoms with Crippen LogP contribution >= 0.6 is 24.0 Å². The van der Waals surface area contributed by atoms with E-state index in [0.29, 0.717) is 11.8 Å². The maximum atomic E-state index is 4.76. The number of aliphatic imine (C=N–C) groups is 1. The van der Waals surface area contributed by atoms with Crippen molar-refractivity contribution in [2.45, 2.75) is 47.1 Å². The minimum absolute atomic E-state index is 0. The van der Waals surface area contributed by atoms with Gasteiger partial charge in [-0.3, -0.25) is 9.67 Å². The van der Waals surface area contributed by atoms with Gasteiger partial charge in [-0.15, -0.1) is 24.0 Å². The first-order chi connectivity index (χ1) is 12.5. The molecule has 1 aromatic carbocycles. The van der Waals surface area contributed by atoms with Crippen LogP contribution in [-0.2, 0) is 6.54 Å². The molecule has 0 bridgehead atoms. The van der Waals surface area contributed by atoms with Crippen LogP contribution in [0.3, 0.4) is 0 Å². The van der Waals surface area contributed by atoms with Gasteiger partial charge >= 0.3 is 0 Å². The summed E-state index contributed by atoms with van der Waals surface area (Å²) in [7, 11) is 0. The van der Waals surface area contributed by atoms with Crippen LogP contribution in [0.25, 0.3) is 0 Å². The Labute approximate surface area is 181 Å². The Hall–Kier alpha value is -1.57. The Morgan fingerprint density at radius 2 is 1.85 bits per heavy atom. The molecule has 0 aliphatic carbocycles. The Morgan fingerprint density at radius 3 is 2.44 bits per heavy atom. The molecule has 1 heterocycles. The van der Waals surface area contributed by atoms with Crippen molar-refractivity contribution in [3.8, 4) is 0 Å². The molecule has 2 aromatic rings. The van der Waals surface area contributed by atoms with E-state index in [1.54, 1.807) is 0 Å². The van der Waals surface area contributed by atoms with Gasteiger partial charge in [-0.25, -0.2) is 0 Å². The predicted molar refractivity (Wildman–Crippen MR) is 125 cm³/mol. The summed E-state index contributed by atoms with van der Waals surface area (Å²) in [6.07, 6.45) is 0. The molecule has 0 aliphatic heterocycles. The fourth-order valence-corrected chi connectivity index (χ4v) is 2.95. The number of nitrogens with zero attached hydrogens (tertiary/aromatic N) is 3. The van der Waals surface area contributed by atoms with Gasteiger partial charge in [0.1, 0.15) is 0 Å². The third-order valence-corrected chi connectivity index (χ3v) is 4.44. The number of rotatable bonds is 8. The van der Waals surface area contributed by atoms with E-state index in [1.165, 1.54) is 11.3 Å². The van der Waals surface area contributed by atoms with Gasteiger partial charge in [0, 0.05) is 31.9 Å². The lowest BCUT2D eigenvalue weighted by Crippen LogP contribution is -2.39. The standard InChI is InChI=1S/C21H33N5.HI/c1-6-22-21(24-14-17(3)20-10-8-7-9-11-20)23-13-16(2)15-26-19(5)12-18(4)25-26;/h7-12,16-17H,6,13-15H2,1-5H3,(H2,22,23,24);1H. The molecule has 150 valence electrons. The fraction of sp³-hybridized carbons (Fsp3) is 0.524. The second kappa shape index (κ2) is 12.0. The van der Waals surface area contributed by atoms with E-state index >= 15 is 0 Å². The molecule has 0 saturated heterocycles. The van der Waals surface area contributed by atoms with Gasteiger partial charge in [0.2, 0.25) is 0 Å². The first kappa shape index (κ1) is 23.5. The topological polar surface area (TPSA) is 54.2 Å². The molecule has 5 nitrogen and oxygen atoms in total. The lowest BCUT2D eigenvalue weighted by Gasteiger charge is -2.17. The number of benzene rings is 1. The molecule has 0 spiro atoms. The maximum Gasteiger partial charge on any atom is 0.191 e. The van der Waals surface area contributed by atoms with Crippen molar-refractivity contribution >= 4 is 29.9 Å². The smallest absolute Gasteiger partial charge is 0.191 e. The van der Waals surface area contributed by atoms with Crippen LogP contribution in [-0.4, -0.2) is 35.4 Å². The summed E-state index contributed by atoms with van der Waals surface area (Å²) in [4.78, 5) is 4.76. The average molecular weight is 483 g/mol. The molecule has 2 unspecified atom stereocenters. The molecule has 1 aromatic heterocycles. The average Bonchev–Trinajstić information content (AvgIpc) is 2.94. The summed E-state index contributed by atoms with van der Waals surface area (Å²) in [5.74, 6) is 1.75. The van der Waals surface area contributed by atoms with E-state index in [4.69, 9.17) is 4.99 Å². The normalized spacial score (nSPS) is 13.6. The number of aromatic nitrogens is 2. The molecule has 27 heavy (non-hydrogen) atoms. The molecule has 2 N–H and O–H groups in total. The summed E-state index contributed by atoms with van der Waals surface area (Å²) in [5.41, 5.74) is 3.62. The zero-order chi connectivity index (χ0) is 18.9. The van der Waals surface area contributed by atoms with E-state index in [1.807, 2.05) is 6.92 Å². The van der Waals surface area contributed by atoms with E-state index in [2.05, 4.69) is 84.5 Å². The van der Waals surface area contributed by atoms with Crippen molar-refractivity contribution in [1.82, 2.24) is 20.4 Å². The minimum atomic E-state index is 0. The minimum Gasteiger partial charge on any atom is -0.357 e. The molecule has 0 saturated carbocycles. The Morgan fingerprint density at radius 1 is 1.15 bits per heavy atom. The van der Waals surface area contributed by atoms with Crippen LogP contribution in [0.1, 0.15) is 43.6 Å². The number of guanidine groups is 1. The molecule has 2 rings (SSSR count). The molecule has 6 heteroatoms. The highest BCUT2D eigenvalue weighted by molar-refractivity contribution is 14.0. The third kappa shape index (κ3) is 7.91. The second-order valence-electron chi connectivity index (χ2n) is 7.13. The summed E-state index contributed by atoms with van der Waals surface area (Å²) in [5, 5.41) is 11.4. The number of hydrogen-bond acceptors (Lipinski definition) is 2. The molecular formula is C21H34IN5. The van der Waals surface area contributed by atoms with Gasteiger partial charge in [-0.1, -0.05) is 44.2 Å². The molecule has 2 atom stereocenters. The quantitative estimate of drug-likeness (QED) is 0.338. The van der Waals surface area contributed by atoms with Gasteiger partial charge in [0.25, 0.3) is 0 Å². The van der Waals surface area contributed by atoms with Crippen molar-refractivity contribution in [3.05, 3.63) is 53.3 Å². The first-order valence-electron chi connectivity index (χ1n) is 9.57. The summed E-state index contributed by atoms with van der Waals surface area (Å²) < 4.78 is 2.08. The summed E-state index contributed by atoms with van der Waals surface area (Å²) in [6, 6.07) is 12.7. The van der Waals surface area contributed by atoms with Crippen molar-refractivity contribution in [2.24, 2.45) is 10.9 Å². The molecule has 0 aliphatic rings. The van der Waals surface area contributed by atoms with Crippen molar-refractivity contribution in [2.75, 3.05) is 19.6 Å². The van der Waals surface area contributed by atoms with Gasteiger partial charge in [0.05, 0.1) is 5.69 Å². The first-order valence-corrected chi connectivity index (χ1v) is 9.57. The number of aryl methyl sites for hydroxylation is 2. The van der Waals surface area contributed by atoms with Gasteiger partial charge in [0.15, 0.2) is 5.96 Å². The monoisotopic (exact) mass is 483 g/mol. The third-order valence-electron chi connectivity index (χ3n) is 4.44. The van der Waals surface area contributed by atoms with Gasteiger partial charge in [-0.05, 0) is 44.2 Å². The van der Waals surface area contributed by atoms with Gasteiger partial charge < -0.3 is 10.6 Å². The fourth-order valence-electron chi connectivity index (χ4n) is 2.95. The van der Waals surface area contributed by atoms with E-state index in [9.17, 15) is 0 Å². The van der Waals surface area contributed by atoms with E-state index < -0.39 is 0 Å². The highest BCUT2D eigenvalue weighted by Crippen LogP contribution is 2.13. The zero-order valence-corrected chi connectivity index (χ0v) is 19.5.